The molecule has 4 nitrogen and oxygen atoms in total. The first kappa shape index (κ1) is 16.6. The van der Waals surface area contributed by atoms with Crippen molar-refractivity contribution in [2.75, 3.05) is 6.54 Å². The molecule has 1 aromatic carbocycles. The molecule has 0 fully saturated rings. The van der Waals surface area contributed by atoms with Crippen molar-refractivity contribution in [3.8, 4) is 11.3 Å². The molecular weight excluding hydrogens is 296 g/mol. The highest BCUT2D eigenvalue weighted by molar-refractivity contribution is 7.90. The third kappa shape index (κ3) is 4.64. The quantitative estimate of drug-likeness (QED) is 0.798. The molecule has 2 rings (SSSR count). The van der Waals surface area contributed by atoms with E-state index in [9.17, 15) is 8.42 Å². The van der Waals surface area contributed by atoms with Crippen LogP contribution in [0.5, 0.6) is 0 Å². The van der Waals surface area contributed by atoms with Crippen molar-refractivity contribution in [2.45, 2.75) is 31.9 Å². The van der Waals surface area contributed by atoms with Crippen LogP contribution < -0.4 is 4.72 Å². The van der Waals surface area contributed by atoms with Crippen LogP contribution in [0, 0.1) is 0 Å². The summed E-state index contributed by atoms with van der Waals surface area (Å²) in [5.41, 5.74) is 3.24. The number of rotatable bonds is 7. The Balaban J connectivity index is 1.85. The van der Waals surface area contributed by atoms with Crippen molar-refractivity contribution >= 4 is 10.0 Å². The number of pyridine rings is 1. The minimum Gasteiger partial charge on any atom is -0.256 e. The topological polar surface area (TPSA) is 59.1 Å². The minimum atomic E-state index is -3.15. The SMILES string of the molecule is CC(C)S(=O)(=O)NCCCc1ccc(-c2ccccn2)cc1. The molecule has 0 aliphatic carbocycles. The highest BCUT2D eigenvalue weighted by atomic mass is 32.2. The molecule has 22 heavy (non-hydrogen) atoms. The van der Waals surface area contributed by atoms with Gasteiger partial charge in [0.25, 0.3) is 0 Å². The van der Waals surface area contributed by atoms with Crippen molar-refractivity contribution in [1.82, 2.24) is 9.71 Å². The summed E-state index contributed by atoms with van der Waals surface area (Å²) in [6, 6.07) is 14.1. The summed E-state index contributed by atoms with van der Waals surface area (Å²) in [5.74, 6) is 0. The van der Waals surface area contributed by atoms with Gasteiger partial charge in [0.1, 0.15) is 0 Å². The van der Waals surface area contributed by atoms with Gasteiger partial charge in [-0.3, -0.25) is 4.98 Å². The zero-order valence-electron chi connectivity index (χ0n) is 13.0. The number of nitrogens with one attached hydrogen (secondary N) is 1. The highest BCUT2D eigenvalue weighted by Gasteiger charge is 2.13. The van der Waals surface area contributed by atoms with Crippen LogP contribution in [0.3, 0.4) is 0 Å². The van der Waals surface area contributed by atoms with E-state index in [-0.39, 0.29) is 5.25 Å². The lowest BCUT2D eigenvalue weighted by Crippen LogP contribution is -2.31. The summed E-state index contributed by atoms with van der Waals surface area (Å²) in [4.78, 5) is 4.32. The van der Waals surface area contributed by atoms with Crippen molar-refractivity contribution in [3.05, 3.63) is 54.2 Å². The summed E-state index contributed by atoms with van der Waals surface area (Å²) < 4.78 is 25.9. The van der Waals surface area contributed by atoms with Crippen LogP contribution in [0.15, 0.2) is 48.7 Å². The molecular formula is C17H22N2O2S. The van der Waals surface area contributed by atoms with Gasteiger partial charge >= 0.3 is 0 Å². The second kappa shape index (κ2) is 7.51. The number of nitrogens with zero attached hydrogens (tertiary/aromatic N) is 1. The fourth-order valence-corrected chi connectivity index (χ4v) is 2.81. The predicted molar refractivity (Wildman–Crippen MR) is 90.1 cm³/mol. The lowest BCUT2D eigenvalue weighted by Gasteiger charge is -2.09. The number of aromatic nitrogens is 1. The standard InChI is InChI=1S/C17H22N2O2S/c1-14(2)22(20,21)19-13-5-6-15-8-10-16(11-9-15)17-7-3-4-12-18-17/h3-4,7-12,14,19H,5-6,13H2,1-2H3. The Morgan fingerprint density at radius 2 is 1.82 bits per heavy atom. The second-order valence-corrected chi connectivity index (χ2v) is 7.83. The zero-order valence-corrected chi connectivity index (χ0v) is 13.8. The van der Waals surface area contributed by atoms with Crippen LogP contribution in [0.2, 0.25) is 0 Å². The number of hydrogen-bond acceptors (Lipinski definition) is 3. The van der Waals surface area contributed by atoms with Gasteiger partial charge < -0.3 is 0 Å². The van der Waals surface area contributed by atoms with Gasteiger partial charge in [0.2, 0.25) is 10.0 Å². The Bertz CT molecular complexity index is 680. The molecule has 0 spiro atoms. The van der Waals surface area contributed by atoms with E-state index in [1.165, 1.54) is 5.56 Å². The molecule has 0 unspecified atom stereocenters. The fraction of sp³-hybridized carbons (Fsp3) is 0.353. The van der Waals surface area contributed by atoms with Gasteiger partial charge in [0.15, 0.2) is 0 Å². The van der Waals surface area contributed by atoms with E-state index in [1.54, 1.807) is 20.0 Å². The Labute approximate surface area is 132 Å². The maximum Gasteiger partial charge on any atom is 0.213 e. The summed E-state index contributed by atoms with van der Waals surface area (Å²) >= 11 is 0. The Morgan fingerprint density at radius 1 is 1.09 bits per heavy atom. The average molecular weight is 318 g/mol. The van der Waals surface area contributed by atoms with Gasteiger partial charge in [-0.2, -0.15) is 0 Å². The van der Waals surface area contributed by atoms with Gasteiger partial charge in [-0.15, -0.1) is 0 Å². The normalized spacial score (nSPS) is 11.8. The molecule has 0 aliphatic rings. The fourth-order valence-electron chi connectivity index (χ4n) is 2.05. The van der Waals surface area contributed by atoms with E-state index in [4.69, 9.17) is 0 Å². The summed E-state index contributed by atoms with van der Waals surface area (Å²) in [7, 11) is -3.15. The van der Waals surface area contributed by atoms with E-state index in [0.717, 1.165) is 24.1 Å². The molecule has 1 heterocycles. The minimum absolute atomic E-state index is 0.384. The van der Waals surface area contributed by atoms with Gasteiger partial charge in [0.05, 0.1) is 10.9 Å². The molecule has 0 atom stereocenters. The van der Waals surface area contributed by atoms with Gasteiger partial charge in [-0.25, -0.2) is 13.1 Å². The molecule has 0 saturated carbocycles. The first-order valence-corrected chi connectivity index (χ1v) is 9.02. The summed E-state index contributed by atoms with van der Waals surface area (Å²) in [5, 5.41) is -0.384. The van der Waals surface area contributed by atoms with Crippen LogP contribution in [0.1, 0.15) is 25.8 Å². The number of benzene rings is 1. The van der Waals surface area contributed by atoms with E-state index in [0.29, 0.717) is 6.54 Å². The smallest absolute Gasteiger partial charge is 0.213 e. The molecule has 0 amide bonds. The first-order chi connectivity index (χ1) is 10.5. The lowest BCUT2D eigenvalue weighted by atomic mass is 10.1. The Hall–Kier alpha value is -1.72. The third-order valence-electron chi connectivity index (χ3n) is 3.48. The van der Waals surface area contributed by atoms with Crippen LogP contribution in [-0.2, 0) is 16.4 Å². The molecule has 2 aromatic rings. The van der Waals surface area contributed by atoms with Crippen molar-refractivity contribution < 1.29 is 8.42 Å². The largest absolute Gasteiger partial charge is 0.256 e. The molecule has 0 saturated heterocycles. The maximum absolute atomic E-state index is 11.6. The molecule has 0 aliphatic heterocycles. The van der Waals surface area contributed by atoms with Crippen molar-refractivity contribution in [1.29, 1.82) is 0 Å². The lowest BCUT2D eigenvalue weighted by molar-refractivity contribution is 0.570. The Morgan fingerprint density at radius 3 is 2.41 bits per heavy atom. The highest BCUT2D eigenvalue weighted by Crippen LogP contribution is 2.17. The Kier molecular flexibility index (Phi) is 5.69. The van der Waals surface area contributed by atoms with Gasteiger partial charge in [0, 0.05) is 18.3 Å². The van der Waals surface area contributed by atoms with Crippen LogP contribution in [0.25, 0.3) is 11.3 Å². The van der Waals surface area contributed by atoms with Crippen molar-refractivity contribution in [3.63, 3.8) is 0 Å². The van der Waals surface area contributed by atoms with E-state index >= 15 is 0 Å². The van der Waals surface area contributed by atoms with E-state index in [2.05, 4.69) is 34.0 Å². The zero-order chi connectivity index (χ0) is 16.0. The third-order valence-corrected chi connectivity index (χ3v) is 5.33. The summed E-state index contributed by atoms with van der Waals surface area (Å²) in [6.45, 7) is 3.83. The van der Waals surface area contributed by atoms with Crippen molar-refractivity contribution in [2.24, 2.45) is 0 Å². The van der Waals surface area contributed by atoms with E-state index in [1.807, 2.05) is 18.2 Å². The number of aryl methyl sites for hydroxylation is 1. The molecule has 5 heteroatoms. The van der Waals surface area contributed by atoms with E-state index < -0.39 is 10.0 Å². The van der Waals surface area contributed by atoms with Crippen LogP contribution in [-0.4, -0.2) is 25.2 Å². The monoisotopic (exact) mass is 318 g/mol. The molecule has 0 radical (unpaired) electrons. The molecule has 1 aromatic heterocycles. The first-order valence-electron chi connectivity index (χ1n) is 7.48. The van der Waals surface area contributed by atoms with Gasteiger partial charge in [-0.05, 0) is 44.4 Å². The maximum atomic E-state index is 11.6. The number of sulfonamides is 1. The predicted octanol–water partition coefficient (Wildman–Crippen LogP) is 3.01. The van der Waals surface area contributed by atoms with Crippen LogP contribution in [0.4, 0.5) is 0 Å². The second-order valence-electron chi connectivity index (χ2n) is 5.50. The molecule has 118 valence electrons. The van der Waals surface area contributed by atoms with Crippen LogP contribution >= 0.6 is 0 Å². The average Bonchev–Trinajstić information content (AvgIpc) is 2.53. The van der Waals surface area contributed by atoms with Gasteiger partial charge in [-0.1, -0.05) is 30.3 Å². The number of hydrogen-bond donors (Lipinski definition) is 1. The summed E-state index contributed by atoms with van der Waals surface area (Å²) in [6.07, 6.45) is 3.42. The molecule has 1 N–H and O–H groups in total. The molecule has 0 bridgehead atoms.